The van der Waals surface area contributed by atoms with Crippen LogP contribution in [0.1, 0.15) is 0 Å². The van der Waals surface area contributed by atoms with Gasteiger partial charge in [0.2, 0.25) is 0 Å². The number of carbonyl (C=O) groups is 1. The van der Waals surface area contributed by atoms with Crippen LogP contribution in [0.2, 0.25) is 0 Å². The van der Waals surface area contributed by atoms with Gasteiger partial charge in [-0.1, -0.05) is 0 Å². The number of carbonyl (C=O) groups excluding carboxylic acids is 1. The summed E-state index contributed by atoms with van der Waals surface area (Å²) in [5, 5.41) is 5.59. The van der Waals surface area contributed by atoms with Crippen molar-refractivity contribution in [2.75, 3.05) is 50.4 Å². The van der Waals surface area contributed by atoms with Gasteiger partial charge in [-0.25, -0.2) is 4.79 Å². The topological polar surface area (TPSA) is 79.6 Å². The van der Waals surface area contributed by atoms with Gasteiger partial charge in [-0.05, 0) is 24.3 Å². The molecule has 1 aromatic rings. The molecule has 1 saturated heterocycles. The normalized spacial score (nSPS) is 16.0. The fourth-order valence-corrected chi connectivity index (χ4v) is 1.89. The lowest BCUT2D eigenvalue weighted by Gasteiger charge is -2.26. The van der Waals surface area contributed by atoms with Crippen LogP contribution in [0, 0.1) is 0 Å². The first-order chi connectivity index (χ1) is 9.24. The first-order valence-corrected chi connectivity index (χ1v) is 6.44. The van der Waals surface area contributed by atoms with Gasteiger partial charge in [0.15, 0.2) is 0 Å². The van der Waals surface area contributed by atoms with Crippen LogP contribution in [0.3, 0.4) is 0 Å². The van der Waals surface area contributed by atoms with E-state index in [1.54, 1.807) is 24.3 Å². The first-order valence-electron chi connectivity index (χ1n) is 6.44. The van der Waals surface area contributed by atoms with Gasteiger partial charge < -0.3 is 21.1 Å². The number of rotatable bonds is 4. The molecule has 2 rings (SSSR count). The molecule has 1 fully saturated rings. The van der Waals surface area contributed by atoms with Crippen molar-refractivity contribution in [2.45, 2.75) is 0 Å². The Morgan fingerprint density at radius 3 is 2.63 bits per heavy atom. The maximum absolute atomic E-state index is 11.6. The molecule has 1 aliphatic heterocycles. The molecule has 0 saturated carbocycles. The Kier molecular flexibility index (Phi) is 5.00. The van der Waals surface area contributed by atoms with Gasteiger partial charge in [0.05, 0.1) is 13.2 Å². The van der Waals surface area contributed by atoms with Gasteiger partial charge in [0.1, 0.15) is 0 Å². The predicted octanol–water partition coefficient (Wildman–Crippen LogP) is 0.723. The third kappa shape index (κ3) is 4.76. The van der Waals surface area contributed by atoms with E-state index in [2.05, 4.69) is 15.5 Å². The minimum Gasteiger partial charge on any atom is -0.399 e. The Labute approximate surface area is 112 Å². The summed E-state index contributed by atoms with van der Waals surface area (Å²) in [6.45, 7) is 4.89. The summed E-state index contributed by atoms with van der Waals surface area (Å²) < 4.78 is 5.26. The highest BCUT2D eigenvalue weighted by Gasteiger charge is 2.09. The number of benzene rings is 1. The van der Waals surface area contributed by atoms with Gasteiger partial charge in [0.25, 0.3) is 0 Å². The van der Waals surface area contributed by atoms with Gasteiger partial charge in [-0.3, -0.25) is 4.90 Å². The molecule has 19 heavy (non-hydrogen) atoms. The average Bonchev–Trinajstić information content (AvgIpc) is 2.43. The number of amides is 2. The second-order valence-corrected chi connectivity index (χ2v) is 4.46. The van der Waals surface area contributed by atoms with Crippen molar-refractivity contribution in [1.29, 1.82) is 0 Å². The predicted molar refractivity (Wildman–Crippen MR) is 75.1 cm³/mol. The van der Waals surface area contributed by atoms with Crippen LogP contribution in [-0.2, 0) is 4.74 Å². The van der Waals surface area contributed by atoms with Crippen LogP contribution < -0.4 is 16.4 Å². The molecule has 0 radical (unpaired) electrons. The summed E-state index contributed by atoms with van der Waals surface area (Å²) in [6, 6.07) is 6.86. The molecular weight excluding hydrogens is 244 g/mol. The average molecular weight is 264 g/mol. The summed E-state index contributed by atoms with van der Waals surface area (Å²) >= 11 is 0. The molecule has 0 aliphatic carbocycles. The Balaban J connectivity index is 1.65. The van der Waals surface area contributed by atoms with Crippen molar-refractivity contribution in [1.82, 2.24) is 10.2 Å². The second kappa shape index (κ2) is 6.96. The molecule has 0 unspecified atom stereocenters. The molecule has 1 heterocycles. The standard InChI is InChI=1S/C13H20N4O2/c14-11-1-3-12(4-2-11)16-13(18)15-5-6-17-7-9-19-10-8-17/h1-4H,5-10,14H2,(H2,15,16,18). The number of ether oxygens (including phenoxy) is 1. The Morgan fingerprint density at radius 1 is 1.26 bits per heavy atom. The summed E-state index contributed by atoms with van der Waals surface area (Å²) in [5.41, 5.74) is 6.99. The quantitative estimate of drug-likeness (QED) is 0.700. The maximum Gasteiger partial charge on any atom is 0.319 e. The number of nitrogen functional groups attached to an aromatic ring is 1. The highest BCUT2D eigenvalue weighted by molar-refractivity contribution is 5.89. The van der Waals surface area contributed by atoms with Crippen LogP contribution in [0.5, 0.6) is 0 Å². The highest BCUT2D eigenvalue weighted by Crippen LogP contribution is 2.09. The summed E-state index contributed by atoms with van der Waals surface area (Å²) in [4.78, 5) is 13.9. The van der Waals surface area contributed by atoms with Crippen molar-refractivity contribution in [3.05, 3.63) is 24.3 Å². The number of urea groups is 1. The number of nitrogens with two attached hydrogens (primary N) is 1. The third-order valence-corrected chi connectivity index (χ3v) is 2.99. The maximum atomic E-state index is 11.6. The lowest BCUT2D eigenvalue weighted by Crippen LogP contribution is -2.42. The monoisotopic (exact) mass is 264 g/mol. The summed E-state index contributed by atoms with van der Waals surface area (Å²) in [7, 11) is 0. The van der Waals surface area contributed by atoms with Gasteiger partial charge in [0, 0.05) is 37.6 Å². The molecule has 4 N–H and O–H groups in total. The van der Waals surface area contributed by atoms with E-state index in [0.717, 1.165) is 38.5 Å². The van der Waals surface area contributed by atoms with E-state index in [1.165, 1.54) is 0 Å². The van der Waals surface area contributed by atoms with Gasteiger partial charge in [-0.2, -0.15) is 0 Å². The van der Waals surface area contributed by atoms with Gasteiger partial charge in [-0.15, -0.1) is 0 Å². The minimum absolute atomic E-state index is 0.196. The van der Waals surface area contributed by atoms with Crippen molar-refractivity contribution < 1.29 is 9.53 Å². The second-order valence-electron chi connectivity index (χ2n) is 4.46. The highest BCUT2D eigenvalue weighted by atomic mass is 16.5. The Hall–Kier alpha value is -1.79. The number of nitrogens with zero attached hydrogens (tertiary/aromatic N) is 1. The van der Waals surface area contributed by atoms with Crippen LogP contribution >= 0.6 is 0 Å². The minimum atomic E-state index is -0.196. The van der Waals surface area contributed by atoms with E-state index in [1.807, 2.05) is 0 Å². The third-order valence-electron chi connectivity index (χ3n) is 2.99. The molecule has 104 valence electrons. The molecule has 0 aromatic heterocycles. The molecule has 6 heteroatoms. The lowest BCUT2D eigenvalue weighted by molar-refractivity contribution is 0.0388. The molecule has 2 amide bonds. The van der Waals surface area contributed by atoms with Crippen LogP contribution in [-0.4, -0.2) is 50.3 Å². The zero-order valence-corrected chi connectivity index (χ0v) is 10.9. The van der Waals surface area contributed by atoms with Crippen molar-refractivity contribution in [3.8, 4) is 0 Å². The van der Waals surface area contributed by atoms with Crippen LogP contribution in [0.25, 0.3) is 0 Å². The lowest BCUT2D eigenvalue weighted by atomic mass is 10.3. The fourth-order valence-electron chi connectivity index (χ4n) is 1.89. The van der Waals surface area contributed by atoms with Crippen LogP contribution in [0.15, 0.2) is 24.3 Å². The number of anilines is 2. The number of hydrogen-bond donors (Lipinski definition) is 3. The SMILES string of the molecule is Nc1ccc(NC(=O)NCCN2CCOCC2)cc1. The fraction of sp³-hybridized carbons (Fsp3) is 0.462. The van der Waals surface area contributed by atoms with E-state index in [9.17, 15) is 4.79 Å². The summed E-state index contributed by atoms with van der Waals surface area (Å²) in [6.07, 6.45) is 0. The molecule has 0 bridgehead atoms. The Morgan fingerprint density at radius 2 is 1.95 bits per heavy atom. The number of nitrogens with one attached hydrogen (secondary N) is 2. The molecule has 1 aromatic carbocycles. The molecule has 6 nitrogen and oxygen atoms in total. The zero-order valence-electron chi connectivity index (χ0n) is 10.9. The van der Waals surface area contributed by atoms with E-state index in [0.29, 0.717) is 12.2 Å². The smallest absolute Gasteiger partial charge is 0.319 e. The van der Waals surface area contributed by atoms with Crippen molar-refractivity contribution in [3.63, 3.8) is 0 Å². The molecule has 1 aliphatic rings. The van der Waals surface area contributed by atoms with Crippen LogP contribution in [0.4, 0.5) is 16.2 Å². The molecule has 0 spiro atoms. The van der Waals surface area contributed by atoms with Crippen molar-refractivity contribution >= 4 is 17.4 Å². The van der Waals surface area contributed by atoms with E-state index in [4.69, 9.17) is 10.5 Å². The van der Waals surface area contributed by atoms with E-state index < -0.39 is 0 Å². The largest absolute Gasteiger partial charge is 0.399 e. The summed E-state index contributed by atoms with van der Waals surface area (Å²) in [5.74, 6) is 0. The van der Waals surface area contributed by atoms with E-state index in [-0.39, 0.29) is 6.03 Å². The zero-order chi connectivity index (χ0) is 13.5. The number of hydrogen-bond acceptors (Lipinski definition) is 4. The first kappa shape index (κ1) is 13.6. The van der Waals surface area contributed by atoms with Gasteiger partial charge >= 0.3 is 6.03 Å². The molecule has 0 atom stereocenters. The Bertz CT molecular complexity index is 402. The van der Waals surface area contributed by atoms with Crippen molar-refractivity contribution in [2.24, 2.45) is 0 Å². The number of morpholine rings is 1. The molecular formula is C13H20N4O2. The van der Waals surface area contributed by atoms with E-state index >= 15 is 0 Å².